The molecule has 0 aromatic heterocycles. The van der Waals surface area contributed by atoms with Crippen molar-refractivity contribution in [3.63, 3.8) is 0 Å². The summed E-state index contributed by atoms with van der Waals surface area (Å²) in [5.41, 5.74) is 6.68. The number of hydrogen-bond acceptors (Lipinski definition) is 3. The Morgan fingerprint density at radius 3 is 2.60 bits per heavy atom. The minimum Gasteiger partial charge on any atom is -0.490 e. The molecule has 0 aliphatic rings. The maximum Gasteiger partial charge on any atom is 0.226 e. The van der Waals surface area contributed by atoms with E-state index in [2.05, 4.69) is 6.58 Å². The zero-order chi connectivity index (χ0) is 15.0. The summed E-state index contributed by atoms with van der Waals surface area (Å²) >= 11 is 0. The molecule has 1 rings (SSSR count). The van der Waals surface area contributed by atoms with Gasteiger partial charge >= 0.3 is 0 Å². The smallest absolute Gasteiger partial charge is 0.226 e. The molecule has 0 aliphatic heterocycles. The second kappa shape index (κ2) is 8.38. The average molecular weight is 276 g/mol. The molecule has 0 bridgehead atoms. The fourth-order valence-electron chi connectivity index (χ4n) is 1.95. The predicted octanol–water partition coefficient (Wildman–Crippen LogP) is 2.19. The molecule has 1 aromatic rings. The Morgan fingerprint density at radius 1 is 1.45 bits per heavy atom. The highest BCUT2D eigenvalue weighted by molar-refractivity contribution is 5.78. The highest BCUT2D eigenvalue weighted by atomic mass is 16.5. The van der Waals surface area contributed by atoms with Gasteiger partial charge in [-0.25, -0.2) is 0 Å². The van der Waals surface area contributed by atoms with E-state index in [0.717, 1.165) is 17.7 Å². The van der Waals surface area contributed by atoms with Gasteiger partial charge in [-0.05, 0) is 24.1 Å². The number of carbonyl (C=O) groups is 1. The summed E-state index contributed by atoms with van der Waals surface area (Å²) in [6.07, 6.45) is 2.48. The van der Waals surface area contributed by atoms with Gasteiger partial charge in [-0.1, -0.05) is 31.7 Å². The first-order valence-corrected chi connectivity index (χ1v) is 6.90. The zero-order valence-corrected chi connectivity index (χ0v) is 12.3. The van der Waals surface area contributed by atoms with Gasteiger partial charge in [0.1, 0.15) is 12.4 Å². The summed E-state index contributed by atoms with van der Waals surface area (Å²) in [5.74, 6) is 0.813. The second-order valence-electron chi connectivity index (χ2n) is 4.78. The largest absolute Gasteiger partial charge is 0.490 e. The molecule has 0 heterocycles. The number of nitrogens with two attached hydrogens (primary N) is 1. The first-order valence-electron chi connectivity index (χ1n) is 6.90. The van der Waals surface area contributed by atoms with Gasteiger partial charge in [-0.15, -0.1) is 0 Å². The van der Waals surface area contributed by atoms with Crippen molar-refractivity contribution in [2.75, 3.05) is 20.2 Å². The van der Waals surface area contributed by atoms with Gasteiger partial charge in [0.15, 0.2) is 0 Å². The molecular formula is C16H24N2O2. The van der Waals surface area contributed by atoms with Crippen molar-refractivity contribution < 1.29 is 9.53 Å². The number of amides is 1. The maximum atomic E-state index is 12.1. The van der Waals surface area contributed by atoms with E-state index in [1.807, 2.05) is 38.2 Å². The lowest BCUT2D eigenvalue weighted by molar-refractivity contribution is -0.134. The van der Waals surface area contributed by atoms with Crippen LogP contribution in [0.5, 0.6) is 5.75 Å². The topological polar surface area (TPSA) is 55.6 Å². The minimum atomic E-state index is -0.0878. The fourth-order valence-corrected chi connectivity index (χ4v) is 1.95. The fraction of sp³-hybridized carbons (Fsp3) is 0.438. The summed E-state index contributed by atoms with van der Waals surface area (Å²) in [6.45, 7) is 7.06. The van der Waals surface area contributed by atoms with Crippen molar-refractivity contribution in [1.29, 1.82) is 0 Å². The summed E-state index contributed by atoms with van der Waals surface area (Å²) < 4.78 is 5.42. The Labute approximate surface area is 121 Å². The van der Waals surface area contributed by atoms with Crippen molar-refractivity contribution in [2.45, 2.75) is 19.9 Å². The molecule has 1 amide bonds. The number of nitrogens with zero attached hydrogens (tertiary/aromatic N) is 1. The van der Waals surface area contributed by atoms with Crippen LogP contribution >= 0.6 is 0 Å². The van der Waals surface area contributed by atoms with E-state index < -0.39 is 0 Å². The third-order valence-corrected chi connectivity index (χ3v) is 3.21. The highest BCUT2D eigenvalue weighted by Gasteiger charge is 2.18. The van der Waals surface area contributed by atoms with Crippen LogP contribution in [0, 0.1) is 5.92 Å². The van der Waals surface area contributed by atoms with Crippen molar-refractivity contribution in [3.05, 3.63) is 42.5 Å². The summed E-state index contributed by atoms with van der Waals surface area (Å²) in [6, 6.07) is 7.73. The van der Waals surface area contributed by atoms with Gasteiger partial charge in [0.25, 0.3) is 0 Å². The van der Waals surface area contributed by atoms with Gasteiger partial charge in [-0.3, -0.25) is 4.79 Å². The van der Waals surface area contributed by atoms with Gasteiger partial charge in [-0.2, -0.15) is 0 Å². The standard InChI is InChI=1S/C16H24N2O2/c1-4-10-20-15-8-6-13(7-9-15)12-18(3)16(19)14(5-2)11-17/h4,6-9,14H,1,5,10-12,17H2,2-3H3. The van der Waals surface area contributed by atoms with Crippen LogP contribution in [0.3, 0.4) is 0 Å². The Kier molecular flexibility index (Phi) is 6.81. The van der Waals surface area contributed by atoms with Gasteiger partial charge in [0.2, 0.25) is 5.91 Å². The van der Waals surface area contributed by atoms with E-state index in [1.54, 1.807) is 11.0 Å². The number of rotatable bonds is 8. The van der Waals surface area contributed by atoms with E-state index in [1.165, 1.54) is 0 Å². The lowest BCUT2D eigenvalue weighted by atomic mass is 10.1. The normalized spacial score (nSPS) is 11.8. The number of carbonyl (C=O) groups excluding carboxylic acids is 1. The molecule has 0 fully saturated rings. The Balaban J connectivity index is 2.59. The van der Waals surface area contributed by atoms with Gasteiger partial charge in [0, 0.05) is 20.1 Å². The molecule has 1 atom stereocenters. The Morgan fingerprint density at radius 2 is 2.10 bits per heavy atom. The summed E-state index contributed by atoms with van der Waals surface area (Å²) in [7, 11) is 1.81. The first-order chi connectivity index (χ1) is 9.62. The van der Waals surface area contributed by atoms with Crippen LogP contribution < -0.4 is 10.5 Å². The third-order valence-electron chi connectivity index (χ3n) is 3.21. The van der Waals surface area contributed by atoms with Crippen LogP contribution in [-0.2, 0) is 11.3 Å². The van der Waals surface area contributed by atoms with Crippen LogP contribution in [0.2, 0.25) is 0 Å². The Hall–Kier alpha value is -1.81. The molecule has 0 radical (unpaired) electrons. The van der Waals surface area contributed by atoms with Crippen LogP contribution in [0.1, 0.15) is 18.9 Å². The molecule has 4 heteroatoms. The van der Waals surface area contributed by atoms with Crippen molar-refractivity contribution in [3.8, 4) is 5.75 Å². The molecule has 110 valence electrons. The lowest BCUT2D eigenvalue weighted by Crippen LogP contribution is -2.35. The van der Waals surface area contributed by atoms with Crippen molar-refractivity contribution in [1.82, 2.24) is 4.90 Å². The number of ether oxygens (including phenoxy) is 1. The van der Waals surface area contributed by atoms with Crippen LogP contribution in [0.25, 0.3) is 0 Å². The summed E-state index contributed by atoms with van der Waals surface area (Å²) in [4.78, 5) is 13.9. The number of benzene rings is 1. The van der Waals surface area contributed by atoms with Crippen LogP contribution in [0.4, 0.5) is 0 Å². The molecule has 0 aliphatic carbocycles. The summed E-state index contributed by atoms with van der Waals surface area (Å²) in [5, 5.41) is 0. The van der Waals surface area contributed by atoms with Crippen molar-refractivity contribution >= 4 is 5.91 Å². The van der Waals surface area contributed by atoms with E-state index in [0.29, 0.717) is 19.7 Å². The highest BCUT2D eigenvalue weighted by Crippen LogP contribution is 2.14. The number of hydrogen-bond donors (Lipinski definition) is 1. The van der Waals surface area contributed by atoms with Gasteiger partial charge in [0.05, 0.1) is 5.92 Å². The van der Waals surface area contributed by atoms with Crippen LogP contribution in [-0.4, -0.2) is 31.0 Å². The Bertz CT molecular complexity index is 425. The monoisotopic (exact) mass is 276 g/mol. The molecule has 1 unspecified atom stereocenters. The zero-order valence-electron chi connectivity index (χ0n) is 12.3. The third kappa shape index (κ3) is 4.70. The van der Waals surface area contributed by atoms with E-state index in [4.69, 9.17) is 10.5 Å². The maximum absolute atomic E-state index is 12.1. The van der Waals surface area contributed by atoms with E-state index in [-0.39, 0.29) is 11.8 Å². The average Bonchev–Trinajstić information content (AvgIpc) is 2.47. The molecule has 0 saturated heterocycles. The van der Waals surface area contributed by atoms with E-state index in [9.17, 15) is 4.79 Å². The van der Waals surface area contributed by atoms with Crippen molar-refractivity contribution in [2.24, 2.45) is 11.7 Å². The predicted molar refractivity (Wildman–Crippen MR) is 81.4 cm³/mol. The second-order valence-corrected chi connectivity index (χ2v) is 4.78. The van der Waals surface area contributed by atoms with E-state index >= 15 is 0 Å². The molecular weight excluding hydrogens is 252 g/mol. The minimum absolute atomic E-state index is 0.0878. The quantitative estimate of drug-likeness (QED) is 0.741. The molecule has 20 heavy (non-hydrogen) atoms. The molecule has 1 aromatic carbocycles. The SMILES string of the molecule is C=CCOc1ccc(CN(C)C(=O)C(CC)CN)cc1. The molecule has 4 nitrogen and oxygen atoms in total. The van der Waals surface area contributed by atoms with Gasteiger partial charge < -0.3 is 15.4 Å². The first kappa shape index (κ1) is 16.2. The van der Waals surface area contributed by atoms with Crippen LogP contribution in [0.15, 0.2) is 36.9 Å². The molecule has 0 saturated carbocycles. The lowest BCUT2D eigenvalue weighted by Gasteiger charge is -2.22. The molecule has 2 N–H and O–H groups in total. The molecule has 0 spiro atoms.